The van der Waals surface area contributed by atoms with Crippen molar-refractivity contribution in [3.63, 3.8) is 0 Å². The van der Waals surface area contributed by atoms with Crippen molar-refractivity contribution in [2.24, 2.45) is 0 Å². The number of rotatable bonds is 9. The van der Waals surface area contributed by atoms with Crippen molar-refractivity contribution in [3.8, 4) is 0 Å². The Balaban J connectivity index is 3.21. The lowest BCUT2D eigenvalue weighted by atomic mass is 10.2. The van der Waals surface area contributed by atoms with Crippen molar-refractivity contribution in [1.82, 2.24) is 9.62 Å². The van der Waals surface area contributed by atoms with Crippen LogP contribution in [0.15, 0.2) is 48.4 Å². The summed E-state index contributed by atoms with van der Waals surface area (Å²) in [6.45, 7) is 11.0. The Labute approximate surface area is 132 Å². The van der Waals surface area contributed by atoms with Gasteiger partial charge in [-0.25, -0.2) is 8.42 Å². The van der Waals surface area contributed by atoms with E-state index >= 15 is 0 Å². The predicted octanol–water partition coefficient (Wildman–Crippen LogP) is 2.81. The number of nitrogens with one attached hydrogen (secondary N) is 1. The van der Waals surface area contributed by atoms with Crippen LogP contribution in [0.2, 0.25) is 5.02 Å². The molecule has 0 aromatic heterocycles. The molecule has 6 heteroatoms. The summed E-state index contributed by atoms with van der Waals surface area (Å²) in [5.41, 5.74) is 0.872. The van der Waals surface area contributed by atoms with E-state index in [9.17, 15) is 8.42 Å². The van der Waals surface area contributed by atoms with Gasteiger partial charge >= 0.3 is 0 Å². The fourth-order valence-electron chi connectivity index (χ4n) is 1.82. The van der Waals surface area contributed by atoms with E-state index in [1.54, 1.807) is 12.1 Å². The molecule has 0 unspecified atom stereocenters. The van der Waals surface area contributed by atoms with Gasteiger partial charge in [0.15, 0.2) is 0 Å². The third kappa shape index (κ3) is 4.68. The number of halogens is 1. The van der Waals surface area contributed by atoms with Crippen molar-refractivity contribution in [2.45, 2.75) is 18.4 Å². The molecule has 1 N–H and O–H groups in total. The van der Waals surface area contributed by atoms with Crippen LogP contribution in [0.5, 0.6) is 0 Å². The normalized spacial score (nSPS) is 11.6. The van der Waals surface area contributed by atoms with Crippen LogP contribution in [-0.2, 0) is 16.6 Å². The molecule has 0 radical (unpaired) electrons. The van der Waals surface area contributed by atoms with Crippen molar-refractivity contribution >= 4 is 21.6 Å². The molecule has 0 aliphatic heterocycles. The van der Waals surface area contributed by atoms with Gasteiger partial charge in [-0.05, 0) is 24.2 Å². The van der Waals surface area contributed by atoms with Crippen LogP contribution in [-0.4, -0.2) is 32.4 Å². The maximum atomic E-state index is 12.7. The fourth-order valence-corrected chi connectivity index (χ4v) is 3.73. The highest BCUT2D eigenvalue weighted by Crippen LogP contribution is 2.26. The number of hydrogen-bond acceptors (Lipinski definition) is 3. The minimum Gasteiger partial charge on any atom is -0.313 e. The van der Waals surface area contributed by atoms with Gasteiger partial charge < -0.3 is 5.32 Å². The van der Waals surface area contributed by atoms with E-state index < -0.39 is 10.0 Å². The Bertz CT molecular complexity index is 590. The Kier molecular flexibility index (Phi) is 7.11. The maximum Gasteiger partial charge on any atom is 0.245 e. The summed E-state index contributed by atoms with van der Waals surface area (Å²) in [6.07, 6.45) is 3.08. The first-order valence-corrected chi connectivity index (χ1v) is 8.50. The van der Waals surface area contributed by atoms with Gasteiger partial charge in [0.05, 0.1) is 5.02 Å². The van der Waals surface area contributed by atoms with Crippen LogP contribution in [0.3, 0.4) is 0 Å². The quantitative estimate of drug-likeness (QED) is 0.709. The highest BCUT2D eigenvalue weighted by Gasteiger charge is 2.25. The van der Waals surface area contributed by atoms with E-state index in [4.69, 9.17) is 11.6 Å². The van der Waals surface area contributed by atoms with E-state index in [-0.39, 0.29) is 23.0 Å². The largest absolute Gasteiger partial charge is 0.313 e. The Morgan fingerprint density at radius 3 is 2.43 bits per heavy atom. The molecule has 0 amide bonds. The molecule has 0 atom stereocenters. The van der Waals surface area contributed by atoms with Gasteiger partial charge in [-0.1, -0.05) is 36.7 Å². The summed E-state index contributed by atoms with van der Waals surface area (Å²) in [5.74, 6) is 0. The smallest absolute Gasteiger partial charge is 0.245 e. The monoisotopic (exact) mass is 328 g/mol. The van der Waals surface area contributed by atoms with E-state index in [0.29, 0.717) is 6.54 Å². The lowest BCUT2D eigenvalue weighted by Gasteiger charge is -2.20. The molecule has 0 saturated carbocycles. The average Bonchev–Trinajstić information content (AvgIpc) is 2.46. The van der Waals surface area contributed by atoms with Crippen LogP contribution in [0, 0.1) is 0 Å². The van der Waals surface area contributed by atoms with Crippen molar-refractivity contribution in [1.29, 1.82) is 0 Å². The highest BCUT2D eigenvalue weighted by molar-refractivity contribution is 7.89. The van der Waals surface area contributed by atoms with Gasteiger partial charge in [-0.3, -0.25) is 0 Å². The van der Waals surface area contributed by atoms with E-state index in [2.05, 4.69) is 18.5 Å². The Hall–Kier alpha value is -1.14. The Morgan fingerprint density at radius 1 is 1.29 bits per heavy atom. The average molecular weight is 329 g/mol. The van der Waals surface area contributed by atoms with E-state index in [1.165, 1.54) is 16.5 Å². The molecular formula is C15H21ClN2O2S. The molecule has 1 aromatic rings. The molecule has 0 fully saturated rings. The molecule has 0 bridgehead atoms. The van der Waals surface area contributed by atoms with Crippen LogP contribution >= 0.6 is 11.6 Å². The number of nitrogens with zero attached hydrogens (tertiary/aromatic N) is 1. The second-order valence-electron chi connectivity index (χ2n) is 4.44. The van der Waals surface area contributed by atoms with Crippen LogP contribution in [0.25, 0.3) is 0 Å². The first kappa shape index (κ1) is 17.9. The summed E-state index contributed by atoms with van der Waals surface area (Å²) in [7, 11) is -3.67. The highest BCUT2D eigenvalue weighted by atomic mass is 35.5. The molecule has 0 heterocycles. The lowest BCUT2D eigenvalue weighted by Crippen LogP contribution is -2.31. The van der Waals surface area contributed by atoms with Crippen LogP contribution in [0.4, 0.5) is 0 Å². The van der Waals surface area contributed by atoms with Gasteiger partial charge in [0.25, 0.3) is 0 Å². The number of hydrogen-bond donors (Lipinski definition) is 1. The zero-order chi connectivity index (χ0) is 15.9. The van der Waals surface area contributed by atoms with E-state index in [1.807, 2.05) is 13.0 Å². The molecular weight excluding hydrogens is 308 g/mol. The van der Waals surface area contributed by atoms with Crippen LogP contribution < -0.4 is 5.32 Å². The topological polar surface area (TPSA) is 49.4 Å². The predicted molar refractivity (Wildman–Crippen MR) is 88.0 cm³/mol. The molecule has 21 heavy (non-hydrogen) atoms. The summed E-state index contributed by atoms with van der Waals surface area (Å²) in [4.78, 5) is 0.114. The number of sulfonamides is 1. The SMILES string of the molecule is C=CCN(CC=C)S(=O)(=O)c1cc(CNCC)ccc1Cl. The second kappa shape index (κ2) is 8.34. The van der Waals surface area contributed by atoms with Gasteiger partial charge in [-0.2, -0.15) is 4.31 Å². The summed E-state index contributed by atoms with van der Waals surface area (Å²) >= 11 is 6.08. The van der Waals surface area contributed by atoms with E-state index in [0.717, 1.165) is 12.1 Å². The first-order valence-electron chi connectivity index (χ1n) is 6.68. The van der Waals surface area contributed by atoms with Gasteiger partial charge in [0.2, 0.25) is 10.0 Å². The molecule has 0 saturated heterocycles. The molecule has 0 aliphatic rings. The standard InChI is InChI=1S/C15H21ClN2O2S/c1-4-9-18(10-5-2)21(19,20)15-11-13(12-17-6-3)7-8-14(15)16/h4-5,7-8,11,17H,1-2,6,9-10,12H2,3H3. The van der Waals surface area contributed by atoms with Gasteiger partial charge in [0, 0.05) is 19.6 Å². The van der Waals surface area contributed by atoms with Crippen LogP contribution in [0.1, 0.15) is 12.5 Å². The maximum absolute atomic E-state index is 12.7. The molecule has 1 rings (SSSR count). The second-order valence-corrected chi connectivity index (χ2v) is 6.76. The lowest BCUT2D eigenvalue weighted by molar-refractivity contribution is 0.474. The molecule has 116 valence electrons. The van der Waals surface area contributed by atoms with Crippen molar-refractivity contribution in [3.05, 3.63) is 54.1 Å². The molecule has 0 spiro atoms. The zero-order valence-electron chi connectivity index (χ0n) is 12.2. The van der Waals surface area contributed by atoms with Crippen molar-refractivity contribution < 1.29 is 8.42 Å². The van der Waals surface area contributed by atoms with Gasteiger partial charge in [0.1, 0.15) is 4.90 Å². The third-order valence-corrected chi connectivity index (χ3v) is 5.17. The summed E-state index contributed by atoms with van der Waals surface area (Å²) in [6, 6.07) is 5.04. The summed E-state index contributed by atoms with van der Waals surface area (Å²) < 4.78 is 26.7. The molecule has 4 nitrogen and oxygen atoms in total. The summed E-state index contributed by atoms with van der Waals surface area (Å²) in [5, 5.41) is 3.37. The molecule has 0 aliphatic carbocycles. The fraction of sp³-hybridized carbons (Fsp3) is 0.333. The number of benzene rings is 1. The van der Waals surface area contributed by atoms with Crippen molar-refractivity contribution in [2.75, 3.05) is 19.6 Å². The van der Waals surface area contributed by atoms with Gasteiger partial charge in [-0.15, -0.1) is 13.2 Å². The Morgan fingerprint density at radius 2 is 1.90 bits per heavy atom. The minimum absolute atomic E-state index is 0.114. The minimum atomic E-state index is -3.67. The third-order valence-electron chi connectivity index (χ3n) is 2.86. The first-order chi connectivity index (χ1) is 9.97. The zero-order valence-corrected chi connectivity index (χ0v) is 13.8. The molecule has 1 aromatic carbocycles.